The highest BCUT2D eigenvalue weighted by Gasteiger charge is 2.54. The lowest BCUT2D eigenvalue weighted by Gasteiger charge is -2.47. The Hall–Kier alpha value is -7.24. The van der Waals surface area contributed by atoms with Crippen molar-refractivity contribution in [2.24, 2.45) is 34.6 Å². The Morgan fingerprint density at radius 3 is 2.11 bits per heavy atom. The summed E-state index contributed by atoms with van der Waals surface area (Å²) in [5.41, 5.74) is 33.9. The summed E-state index contributed by atoms with van der Waals surface area (Å²) in [6.45, 7) is 4.89. The van der Waals surface area contributed by atoms with Gasteiger partial charge in [0.15, 0.2) is 18.7 Å². The van der Waals surface area contributed by atoms with Crippen molar-refractivity contribution in [2.75, 3.05) is 45.6 Å². The van der Waals surface area contributed by atoms with E-state index in [0.29, 0.717) is 15.7 Å². The molecule has 0 radical (unpaired) electrons. The summed E-state index contributed by atoms with van der Waals surface area (Å²) in [5, 5.41) is 118. The average molecular weight is 1390 g/mol. The minimum Gasteiger partial charge on any atom is -0.441 e. The second kappa shape index (κ2) is 34.6. The number of likely N-dealkylation sites (N-methyl/N-ethyl adjacent to an activating group) is 1. The molecule has 2 saturated heterocycles. The van der Waals surface area contributed by atoms with Gasteiger partial charge in [0, 0.05) is 67.8 Å². The van der Waals surface area contributed by atoms with Crippen molar-refractivity contribution < 1.29 is 103 Å². The van der Waals surface area contributed by atoms with Gasteiger partial charge >= 0.3 is 6.09 Å². The van der Waals surface area contributed by atoms with Gasteiger partial charge in [-0.25, -0.2) is 29.7 Å². The zero-order valence-corrected chi connectivity index (χ0v) is 53.9. The molecule has 39 nitrogen and oxygen atoms in total. The Kier molecular flexibility index (Phi) is 28.0. The third-order valence-electron chi connectivity index (χ3n) is 15.4. The Balaban J connectivity index is 1.30. The average Bonchev–Trinajstić information content (AvgIpc) is 1.07. The molecule has 0 bridgehead atoms. The van der Waals surface area contributed by atoms with E-state index in [1.54, 1.807) is 17.7 Å². The van der Waals surface area contributed by atoms with Crippen LogP contribution in [0, 0.1) is 12.8 Å². The number of carbonyl (C=O) groups excluding carboxylic acids is 7. The molecule has 6 rings (SSSR count). The van der Waals surface area contributed by atoms with E-state index in [-0.39, 0.29) is 60.7 Å². The summed E-state index contributed by atoms with van der Waals surface area (Å²) in [4.78, 5) is 118. The molecule has 0 aromatic carbocycles. The Morgan fingerprint density at radius 2 is 1.49 bits per heavy atom. The van der Waals surface area contributed by atoms with Crippen molar-refractivity contribution in [1.82, 2.24) is 61.4 Å². The third kappa shape index (κ3) is 19.7. The number of nitrogens with two attached hydrogens (primary N) is 6. The second-order valence-corrected chi connectivity index (χ2v) is 24.6. The first-order valence-electron chi connectivity index (χ1n) is 29.6. The van der Waals surface area contributed by atoms with Crippen molar-refractivity contribution >= 4 is 70.0 Å². The minimum atomic E-state index is -2.19. The van der Waals surface area contributed by atoms with Crippen LogP contribution in [0.3, 0.4) is 0 Å². The molecule has 0 spiro atoms. The highest BCUT2D eigenvalue weighted by Crippen LogP contribution is 2.36. The third-order valence-corrected chi connectivity index (χ3v) is 17.2. The number of imidazole rings is 1. The van der Waals surface area contributed by atoms with Crippen LogP contribution in [0.15, 0.2) is 23.3 Å². The summed E-state index contributed by atoms with van der Waals surface area (Å²) in [7, 11) is 1.08. The highest BCUT2D eigenvalue weighted by atomic mass is 32.1. The lowest BCUT2D eigenvalue weighted by Crippen LogP contribution is -2.65. The number of ether oxygens (including phenoxy) is 5. The zero-order chi connectivity index (χ0) is 70.4. The van der Waals surface area contributed by atoms with Gasteiger partial charge in [-0.2, -0.15) is 0 Å². The molecule has 21 unspecified atom stereocenters. The number of rotatable bonds is 34. The number of carbonyl (C=O) groups is 7. The lowest BCUT2D eigenvalue weighted by atomic mass is 9.95. The van der Waals surface area contributed by atoms with Crippen LogP contribution < -0.4 is 61.0 Å². The standard InChI is InChI=1S/C54H84N18O21S2/c1-18(55)10-64-47(84)26-15-95-50(68-26)27-16-94-31(67-27)7-8-62-48(85)33(22(5)75)70-46(83)20(3)35(77)21(4)66-49(86)34(72(6)51(87)32-19(2)43(58)71-45(69-32)24(9-30(57)76)63-11-23(56)44(59)82)40(25-12-61-17-65-25)91-53-42(38(80)36(78)28(13-73)90-53)92-52-39(81)41(93-54(60)88)37(79)29(14-74)89-52/h12,15-18,20-24,28-29,33-42,46,52-53,63,70,73-75,77-81,83H,7-11,13-14,55-56H2,1-6H3,(H2,57,76)(H2,59,82)(H2,60,88)(H,61,65)(H,62,85)(H,64,84)(H,66,86)(H2,58,69,71). The van der Waals surface area contributed by atoms with Crippen LogP contribution >= 0.6 is 22.7 Å². The number of aromatic amines is 1. The predicted molar refractivity (Wildman–Crippen MR) is 329 cm³/mol. The highest BCUT2D eigenvalue weighted by molar-refractivity contribution is 7.14. The molecule has 95 heavy (non-hydrogen) atoms. The van der Waals surface area contributed by atoms with Gasteiger partial charge in [-0.05, 0) is 27.7 Å². The second-order valence-electron chi connectivity index (χ2n) is 22.8. The number of anilines is 1. The van der Waals surface area contributed by atoms with E-state index in [4.69, 9.17) is 58.1 Å². The number of aliphatic hydroxyl groups excluding tert-OH is 9. The zero-order valence-electron chi connectivity index (χ0n) is 52.3. The number of aromatic nitrogens is 6. The first-order valence-corrected chi connectivity index (χ1v) is 31.3. The number of H-pyrrole nitrogens is 1. The smallest absolute Gasteiger partial charge is 0.404 e. The fraction of sp³-hybridized carbons (Fsp3) is 0.630. The quantitative estimate of drug-likeness (QED) is 0.0193. The van der Waals surface area contributed by atoms with Crippen molar-refractivity contribution in [3.8, 4) is 10.7 Å². The Bertz CT molecular complexity index is 3230. The van der Waals surface area contributed by atoms with Crippen LogP contribution in [0.2, 0.25) is 0 Å². The molecule has 7 amide bonds. The summed E-state index contributed by atoms with van der Waals surface area (Å²) < 4.78 is 28.9. The Morgan fingerprint density at radius 1 is 0.821 bits per heavy atom. The first-order chi connectivity index (χ1) is 44.8. The van der Waals surface area contributed by atoms with Gasteiger partial charge in [-0.1, -0.05) is 6.92 Å². The molecular weight excluding hydrogens is 1300 g/mol. The van der Waals surface area contributed by atoms with E-state index in [0.717, 1.165) is 24.5 Å². The monoisotopic (exact) mass is 1380 g/mol. The molecule has 4 aromatic heterocycles. The number of thiazole rings is 2. The maximum atomic E-state index is 15.4. The van der Waals surface area contributed by atoms with Gasteiger partial charge in [0.05, 0.1) is 66.8 Å². The van der Waals surface area contributed by atoms with Gasteiger partial charge < -0.3 is 135 Å². The van der Waals surface area contributed by atoms with Gasteiger partial charge in [0.25, 0.3) is 11.8 Å². The predicted octanol–water partition coefficient (Wildman–Crippen LogP) is -8.49. The van der Waals surface area contributed by atoms with Crippen LogP contribution in [0.5, 0.6) is 0 Å². The van der Waals surface area contributed by atoms with Gasteiger partial charge in [0.2, 0.25) is 23.6 Å². The fourth-order valence-electron chi connectivity index (χ4n) is 9.91. The largest absolute Gasteiger partial charge is 0.441 e. The van der Waals surface area contributed by atoms with E-state index in [1.165, 1.54) is 50.4 Å². The van der Waals surface area contributed by atoms with Gasteiger partial charge in [-0.3, -0.25) is 34.1 Å². The first kappa shape index (κ1) is 76.8. The van der Waals surface area contributed by atoms with Crippen molar-refractivity contribution in [3.05, 3.63) is 56.8 Å². The Labute approximate surface area is 550 Å². The number of nitrogens with zero attached hydrogens (tertiary/aromatic N) is 6. The molecule has 6 heterocycles. The molecule has 2 fully saturated rings. The van der Waals surface area contributed by atoms with Gasteiger partial charge in [-0.15, -0.1) is 22.7 Å². The summed E-state index contributed by atoms with van der Waals surface area (Å²) in [6.07, 6.45) is -26.6. The van der Waals surface area contributed by atoms with Gasteiger partial charge in [0.1, 0.15) is 101 Å². The number of amides is 7. The van der Waals surface area contributed by atoms with E-state index < -0.39 is 189 Å². The van der Waals surface area contributed by atoms with E-state index in [9.17, 15) is 69.9 Å². The summed E-state index contributed by atoms with van der Waals surface area (Å²) in [5.74, 6) is -7.34. The SMILES string of the molecule is Cc1c(N)nc(C(CC(N)=O)NCC(N)C(N)=O)nc1C(=O)N(C)C(C(=O)NC(C)C(O)C(C)C(O)NC(C(=O)NCCc1nc(-c2nc(C(=O)NCC(C)N)cs2)cs1)C(C)O)C(OC1OC(CO)C(O)C(O)C1OC1OC(CO)C(O)C(OC(N)=O)C1O)c1cnc[nH]1. The molecule has 2 aliphatic heterocycles. The normalized spacial score (nSPS) is 24.9. The number of nitrogens with one attached hydrogen (secondary N) is 6. The van der Waals surface area contributed by atoms with Crippen LogP contribution in [-0.4, -0.2) is 272 Å². The molecule has 528 valence electrons. The van der Waals surface area contributed by atoms with E-state index in [2.05, 4.69) is 56.5 Å². The molecule has 2 aliphatic rings. The number of aliphatic hydroxyl groups is 9. The van der Waals surface area contributed by atoms with Crippen LogP contribution in [0.25, 0.3) is 10.7 Å². The fourth-order valence-corrected chi connectivity index (χ4v) is 11.5. The van der Waals surface area contributed by atoms with E-state index >= 15 is 9.59 Å². The van der Waals surface area contributed by atoms with Crippen molar-refractivity contribution in [3.63, 3.8) is 0 Å². The molecule has 41 heteroatoms. The van der Waals surface area contributed by atoms with Crippen LogP contribution in [-0.2, 0) is 49.3 Å². The van der Waals surface area contributed by atoms with Crippen LogP contribution in [0.1, 0.15) is 89.3 Å². The minimum absolute atomic E-state index is 0.0115. The van der Waals surface area contributed by atoms with Crippen LogP contribution in [0.4, 0.5) is 10.6 Å². The molecule has 0 aliphatic carbocycles. The molecule has 0 saturated carbocycles. The van der Waals surface area contributed by atoms with Crippen molar-refractivity contribution in [1.29, 1.82) is 0 Å². The maximum absolute atomic E-state index is 15.4. The molecule has 21 atom stereocenters. The number of nitrogen functional groups attached to an aromatic ring is 1. The number of hydrogen-bond donors (Lipinski definition) is 21. The molecule has 27 N–H and O–H groups in total. The van der Waals surface area contributed by atoms with Crippen molar-refractivity contribution in [2.45, 2.75) is 170 Å². The number of hydrogen-bond acceptors (Lipinski definition) is 33. The number of primary amides is 3. The molecule has 4 aromatic rings. The topological polar surface area (TPSA) is 647 Å². The summed E-state index contributed by atoms with van der Waals surface area (Å²) >= 11 is 2.48. The molecular formula is C54H84N18O21S2. The maximum Gasteiger partial charge on any atom is 0.404 e. The van der Waals surface area contributed by atoms with E-state index in [1.807, 2.05) is 0 Å². The summed E-state index contributed by atoms with van der Waals surface area (Å²) in [6, 6.07) is -7.88. The lowest BCUT2D eigenvalue weighted by molar-refractivity contribution is -0.372.